The minimum atomic E-state index is 0.477. The lowest BCUT2D eigenvalue weighted by Gasteiger charge is -2.43. The number of aryl methyl sites for hydroxylation is 1. The van der Waals surface area contributed by atoms with Gasteiger partial charge in [-0.25, -0.2) is 0 Å². The van der Waals surface area contributed by atoms with Crippen molar-refractivity contribution in [2.45, 2.75) is 58.3 Å². The third kappa shape index (κ3) is 4.59. The Bertz CT molecular complexity index is 958. The van der Waals surface area contributed by atoms with Crippen LogP contribution >= 0.6 is 0 Å². The third-order valence-corrected chi connectivity index (χ3v) is 7.40. The van der Waals surface area contributed by atoms with Gasteiger partial charge in [0.05, 0.1) is 6.07 Å². The van der Waals surface area contributed by atoms with E-state index < -0.39 is 0 Å². The van der Waals surface area contributed by atoms with E-state index in [1.165, 1.54) is 55.2 Å². The molecule has 0 saturated heterocycles. The Labute approximate surface area is 182 Å². The van der Waals surface area contributed by atoms with Crippen LogP contribution in [0.25, 0.3) is 17.2 Å². The Hall–Kier alpha value is -2.59. The number of hydrogen-bond acceptors (Lipinski definition) is 1. The van der Waals surface area contributed by atoms with Gasteiger partial charge < -0.3 is 0 Å². The van der Waals surface area contributed by atoms with E-state index in [-0.39, 0.29) is 0 Å². The highest BCUT2D eigenvalue weighted by molar-refractivity contribution is 5.67. The quantitative estimate of drug-likeness (QED) is 0.371. The molecule has 0 N–H and O–H groups in total. The zero-order chi connectivity index (χ0) is 21.1. The molecule has 2 unspecified atom stereocenters. The normalized spacial score (nSPS) is 25.8. The third-order valence-electron chi connectivity index (χ3n) is 7.40. The second-order valence-corrected chi connectivity index (χ2v) is 9.55. The molecule has 2 aromatic rings. The van der Waals surface area contributed by atoms with Crippen molar-refractivity contribution in [3.05, 3.63) is 77.4 Å². The molecule has 1 heteroatoms. The van der Waals surface area contributed by atoms with E-state index in [9.17, 15) is 0 Å². The second kappa shape index (κ2) is 9.05. The van der Waals surface area contributed by atoms with Crippen LogP contribution in [0.3, 0.4) is 0 Å². The fourth-order valence-corrected chi connectivity index (χ4v) is 5.86. The molecule has 30 heavy (non-hydrogen) atoms. The summed E-state index contributed by atoms with van der Waals surface area (Å²) in [6.07, 6.45) is 12.2. The summed E-state index contributed by atoms with van der Waals surface area (Å²) in [4.78, 5) is 0. The van der Waals surface area contributed by atoms with Crippen molar-refractivity contribution in [1.82, 2.24) is 0 Å². The average molecular weight is 396 g/mol. The molecule has 0 aliphatic heterocycles. The monoisotopic (exact) mass is 395 g/mol. The first-order chi connectivity index (χ1) is 14.6. The number of fused-ring (bicyclic) bond motifs is 2. The van der Waals surface area contributed by atoms with E-state index >= 15 is 0 Å². The van der Waals surface area contributed by atoms with Crippen LogP contribution in [-0.2, 0) is 0 Å². The highest BCUT2D eigenvalue weighted by Gasteiger charge is 2.36. The molecule has 0 amide bonds. The van der Waals surface area contributed by atoms with Crippen LogP contribution in [0.4, 0.5) is 0 Å². The van der Waals surface area contributed by atoms with E-state index in [1.54, 1.807) is 11.6 Å². The summed E-state index contributed by atoms with van der Waals surface area (Å²) in [5, 5.41) is 8.84. The van der Waals surface area contributed by atoms with Gasteiger partial charge >= 0.3 is 0 Å². The van der Waals surface area contributed by atoms with Gasteiger partial charge in [-0.1, -0.05) is 68.5 Å². The molecule has 2 saturated carbocycles. The molecule has 154 valence electrons. The molecule has 2 atom stereocenters. The fraction of sp³-hybridized carbons (Fsp3) is 0.414. The van der Waals surface area contributed by atoms with E-state index in [4.69, 9.17) is 5.26 Å². The van der Waals surface area contributed by atoms with Gasteiger partial charge in [-0.2, -0.15) is 5.26 Å². The molecule has 0 heterocycles. The second-order valence-electron chi connectivity index (χ2n) is 9.55. The minimum Gasteiger partial charge on any atom is -0.192 e. The van der Waals surface area contributed by atoms with Crippen molar-refractivity contribution in [3.63, 3.8) is 0 Å². The SMILES string of the molecule is C=C(C#N)/C=C/c1ccc(-c2ccc(C)c(C3CC4CC(CC)CC(C4)C3)c2)cc1. The zero-order valence-electron chi connectivity index (χ0n) is 18.4. The number of allylic oxidation sites excluding steroid dienone is 2. The predicted molar refractivity (Wildman–Crippen MR) is 127 cm³/mol. The maximum Gasteiger partial charge on any atom is 0.0985 e. The molecule has 2 aliphatic carbocycles. The van der Waals surface area contributed by atoms with Crippen LogP contribution in [-0.4, -0.2) is 0 Å². The standard InChI is InChI=1S/C29H33N/c1-4-22-13-24-15-25(14-22)17-28(16-24)29-18-27(10-6-21(29)3)26-11-8-23(9-12-26)7-5-20(2)19-30/h5-12,18,22,24-25,28H,2,4,13-17H2,1,3H3/b7-5+. The van der Waals surface area contributed by atoms with Gasteiger partial charge in [0.2, 0.25) is 0 Å². The first-order valence-corrected chi connectivity index (χ1v) is 11.5. The number of nitriles is 1. The van der Waals surface area contributed by atoms with Gasteiger partial charge in [-0.15, -0.1) is 0 Å². The van der Waals surface area contributed by atoms with Gasteiger partial charge in [0, 0.05) is 5.57 Å². The Kier molecular flexibility index (Phi) is 6.24. The summed E-state index contributed by atoms with van der Waals surface area (Å²) in [5.74, 6) is 3.57. The molecule has 4 rings (SSSR count). The summed E-state index contributed by atoms with van der Waals surface area (Å²) in [5.41, 5.74) is 7.17. The summed E-state index contributed by atoms with van der Waals surface area (Å²) in [7, 11) is 0. The van der Waals surface area contributed by atoms with Crippen LogP contribution in [0.5, 0.6) is 0 Å². The fourth-order valence-electron chi connectivity index (χ4n) is 5.86. The van der Waals surface area contributed by atoms with E-state index in [1.807, 2.05) is 6.08 Å². The summed E-state index contributed by atoms with van der Waals surface area (Å²) < 4.78 is 0. The first-order valence-electron chi connectivity index (χ1n) is 11.5. The van der Waals surface area contributed by atoms with E-state index in [2.05, 4.69) is 69.0 Å². The zero-order valence-corrected chi connectivity index (χ0v) is 18.4. The number of rotatable bonds is 5. The van der Waals surface area contributed by atoms with Crippen molar-refractivity contribution in [2.24, 2.45) is 17.8 Å². The van der Waals surface area contributed by atoms with Crippen molar-refractivity contribution < 1.29 is 0 Å². The lowest BCUT2D eigenvalue weighted by molar-refractivity contribution is 0.120. The van der Waals surface area contributed by atoms with Crippen molar-refractivity contribution in [1.29, 1.82) is 5.26 Å². The Morgan fingerprint density at radius 1 is 1.00 bits per heavy atom. The van der Waals surface area contributed by atoms with Gasteiger partial charge in [0.1, 0.15) is 0 Å². The molecule has 2 aromatic carbocycles. The Morgan fingerprint density at radius 3 is 2.30 bits per heavy atom. The van der Waals surface area contributed by atoms with Gasteiger partial charge in [-0.3, -0.25) is 0 Å². The molecular weight excluding hydrogens is 362 g/mol. The van der Waals surface area contributed by atoms with Gasteiger partial charge in [0.15, 0.2) is 0 Å². The molecule has 0 spiro atoms. The van der Waals surface area contributed by atoms with Crippen LogP contribution < -0.4 is 0 Å². The topological polar surface area (TPSA) is 23.8 Å². The lowest BCUT2D eigenvalue weighted by atomic mass is 9.62. The van der Waals surface area contributed by atoms with Crippen LogP contribution in [0.1, 0.15) is 68.1 Å². The predicted octanol–water partition coefficient (Wildman–Crippen LogP) is 8.07. The largest absolute Gasteiger partial charge is 0.192 e. The van der Waals surface area contributed by atoms with Crippen LogP contribution in [0.2, 0.25) is 0 Å². The van der Waals surface area contributed by atoms with Crippen molar-refractivity contribution in [3.8, 4) is 17.2 Å². The number of benzene rings is 2. The molecule has 2 aliphatic rings. The van der Waals surface area contributed by atoms with Crippen LogP contribution in [0, 0.1) is 36.0 Å². The molecular formula is C29H33N. The molecule has 1 nitrogen and oxygen atoms in total. The molecule has 0 aromatic heterocycles. The minimum absolute atomic E-state index is 0.477. The molecule has 2 bridgehead atoms. The number of hydrogen-bond donors (Lipinski definition) is 0. The average Bonchev–Trinajstić information content (AvgIpc) is 2.77. The summed E-state index contributed by atoms with van der Waals surface area (Å²) >= 11 is 0. The maximum atomic E-state index is 8.84. The van der Waals surface area contributed by atoms with Crippen molar-refractivity contribution >= 4 is 6.08 Å². The Balaban J connectivity index is 1.53. The number of nitrogens with zero attached hydrogens (tertiary/aromatic N) is 1. The Morgan fingerprint density at radius 2 is 1.67 bits per heavy atom. The van der Waals surface area contributed by atoms with Crippen LogP contribution in [0.15, 0.2) is 60.7 Å². The smallest absolute Gasteiger partial charge is 0.0985 e. The van der Waals surface area contributed by atoms with Gasteiger partial charge in [-0.05, 0) is 96.6 Å². The highest BCUT2D eigenvalue weighted by Crippen LogP contribution is 2.49. The molecule has 0 radical (unpaired) electrons. The summed E-state index contributed by atoms with van der Waals surface area (Å²) in [6, 6.07) is 17.7. The van der Waals surface area contributed by atoms with Crippen molar-refractivity contribution in [2.75, 3.05) is 0 Å². The van der Waals surface area contributed by atoms with E-state index in [0.29, 0.717) is 5.57 Å². The highest BCUT2D eigenvalue weighted by atomic mass is 14.4. The molecule has 2 fully saturated rings. The first kappa shape index (κ1) is 20.7. The maximum absolute atomic E-state index is 8.84. The van der Waals surface area contributed by atoms with Gasteiger partial charge in [0.25, 0.3) is 0 Å². The lowest BCUT2D eigenvalue weighted by Crippen LogP contribution is -2.30. The van der Waals surface area contributed by atoms with E-state index in [0.717, 1.165) is 29.2 Å². The summed E-state index contributed by atoms with van der Waals surface area (Å²) in [6.45, 7) is 8.36.